The predicted octanol–water partition coefficient (Wildman–Crippen LogP) is -4.60. The average molecular weight is 397 g/mol. The first-order valence-electron chi connectivity index (χ1n) is 8.45. The second-order valence-corrected chi connectivity index (χ2v) is 6.48. The van der Waals surface area contributed by atoms with Gasteiger partial charge in [-0.15, -0.1) is 0 Å². The quantitative estimate of drug-likeness (QED) is 0.228. The number of methoxy groups -OCH3 is 1. The molecule has 2 rings (SSSR count). The van der Waals surface area contributed by atoms with Crippen LogP contribution in [-0.2, 0) is 23.7 Å². The topological polar surface area (TPSA) is 187 Å². The van der Waals surface area contributed by atoms with E-state index in [1.54, 1.807) is 0 Å². The van der Waals surface area contributed by atoms with Gasteiger partial charge in [-0.2, -0.15) is 0 Å². The van der Waals surface area contributed by atoms with E-state index in [4.69, 9.17) is 18.9 Å². The summed E-state index contributed by atoms with van der Waals surface area (Å²) in [6, 6.07) is -1.25. The van der Waals surface area contributed by atoms with Crippen molar-refractivity contribution in [1.82, 2.24) is 5.32 Å². The normalized spacial score (nSPS) is 45.5. The van der Waals surface area contributed by atoms with Crippen LogP contribution in [0, 0.1) is 0 Å². The van der Waals surface area contributed by atoms with Gasteiger partial charge in [0.05, 0.1) is 13.2 Å². The molecule has 2 fully saturated rings. The zero-order valence-corrected chi connectivity index (χ0v) is 14.9. The molecule has 2 aliphatic heterocycles. The van der Waals surface area contributed by atoms with Gasteiger partial charge in [0.15, 0.2) is 12.6 Å². The van der Waals surface area contributed by atoms with Crippen LogP contribution < -0.4 is 5.32 Å². The van der Waals surface area contributed by atoms with Crippen LogP contribution in [0.4, 0.5) is 0 Å². The molecular formula is C15H27NO11. The number of hydrogen-bond acceptors (Lipinski definition) is 11. The Hall–Kier alpha value is -0.930. The van der Waals surface area contributed by atoms with Gasteiger partial charge in [-0.1, -0.05) is 0 Å². The number of hydrogen-bond donors (Lipinski definition) is 7. The summed E-state index contributed by atoms with van der Waals surface area (Å²) in [6.07, 6.45) is -12.4. The third-order valence-corrected chi connectivity index (χ3v) is 4.60. The van der Waals surface area contributed by atoms with Gasteiger partial charge >= 0.3 is 0 Å². The lowest BCUT2D eigenvalue weighted by atomic mass is 9.95. The monoisotopic (exact) mass is 397 g/mol. The zero-order chi connectivity index (χ0) is 20.3. The van der Waals surface area contributed by atoms with E-state index in [0.29, 0.717) is 0 Å². The summed E-state index contributed by atoms with van der Waals surface area (Å²) in [6.45, 7) is -0.0617. The van der Waals surface area contributed by atoms with Crippen molar-refractivity contribution in [3.8, 4) is 0 Å². The molecule has 0 saturated carbocycles. The molecule has 0 spiro atoms. The molecule has 1 amide bonds. The van der Waals surface area contributed by atoms with Crippen molar-refractivity contribution in [2.75, 3.05) is 20.3 Å². The summed E-state index contributed by atoms with van der Waals surface area (Å²) in [5.74, 6) is -0.554. The SMILES string of the molecule is CO[C@H]1O[C@@H](CO)[C@@H](O)[C@@H](O[C@@H]2O[C@H](CO)[C@@H](O)[C@H](O)[C@H]2NC(C)=O)[C@@H]1O. The number of carbonyl (C=O) groups is 1. The highest BCUT2D eigenvalue weighted by molar-refractivity contribution is 5.73. The fourth-order valence-electron chi connectivity index (χ4n) is 3.15. The molecule has 0 aromatic rings. The molecule has 0 radical (unpaired) electrons. The molecule has 0 bridgehead atoms. The summed E-state index contributed by atoms with van der Waals surface area (Å²) < 4.78 is 21.2. The molecule has 10 atom stereocenters. The smallest absolute Gasteiger partial charge is 0.217 e. The molecule has 2 aliphatic rings. The Kier molecular flexibility index (Phi) is 7.88. The van der Waals surface area contributed by atoms with E-state index in [0.717, 1.165) is 0 Å². The van der Waals surface area contributed by atoms with Crippen molar-refractivity contribution in [3.63, 3.8) is 0 Å². The maximum atomic E-state index is 11.4. The Morgan fingerprint density at radius 1 is 0.926 bits per heavy atom. The Morgan fingerprint density at radius 2 is 1.48 bits per heavy atom. The zero-order valence-electron chi connectivity index (χ0n) is 14.9. The number of ether oxygens (including phenoxy) is 4. The van der Waals surface area contributed by atoms with Crippen LogP contribution in [0.3, 0.4) is 0 Å². The molecule has 0 aliphatic carbocycles. The van der Waals surface area contributed by atoms with Crippen molar-refractivity contribution >= 4 is 5.91 Å². The third-order valence-electron chi connectivity index (χ3n) is 4.60. The van der Waals surface area contributed by atoms with Gasteiger partial charge in [-0.3, -0.25) is 4.79 Å². The minimum Gasteiger partial charge on any atom is -0.394 e. The summed E-state index contributed by atoms with van der Waals surface area (Å²) in [5, 5.41) is 61.9. The van der Waals surface area contributed by atoms with E-state index < -0.39 is 80.5 Å². The molecule has 2 saturated heterocycles. The minimum atomic E-state index is -1.55. The van der Waals surface area contributed by atoms with Gasteiger partial charge in [-0.25, -0.2) is 0 Å². The number of amides is 1. The highest BCUT2D eigenvalue weighted by Crippen LogP contribution is 2.29. The fourth-order valence-corrected chi connectivity index (χ4v) is 3.15. The van der Waals surface area contributed by atoms with Crippen LogP contribution in [0.2, 0.25) is 0 Å². The molecule has 12 heteroatoms. The molecular weight excluding hydrogens is 370 g/mol. The summed E-state index contributed by atoms with van der Waals surface area (Å²) >= 11 is 0. The van der Waals surface area contributed by atoms with E-state index in [-0.39, 0.29) is 0 Å². The Bertz CT molecular complexity index is 478. The van der Waals surface area contributed by atoms with Crippen molar-refractivity contribution < 1.29 is 54.4 Å². The highest BCUT2D eigenvalue weighted by atomic mass is 16.7. The first-order chi connectivity index (χ1) is 12.7. The van der Waals surface area contributed by atoms with Crippen LogP contribution >= 0.6 is 0 Å². The predicted molar refractivity (Wildman–Crippen MR) is 85.0 cm³/mol. The standard InChI is InChI=1S/C15H27NO11/c1-5(19)16-8-11(22)9(20)6(3-17)25-14(8)27-13-10(21)7(4-18)26-15(24-2)12(13)23/h6-15,17-18,20-23H,3-4H2,1-2H3,(H,16,19)/t6-,7+,8-,9-,10-,11-,12+,13-,14+,15+/m1/s1. The highest BCUT2D eigenvalue weighted by Gasteiger charge is 2.51. The Morgan fingerprint density at radius 3 is 2.00 bits per heavy atom. The summed E-state index contributed by atoms with van der Waals surface area (Å²) in [7, 11) is 1.25. The lowest BCUT2D eigenvalue weighted by Gasteiger charge is -2.46. The Labute approximate surface area is 155 Å². The summed E-state index contributed by atoms with van der Waals surface area (Å²) in [4.78, 5) is 11.4. The molecule has 0 aromatic carbocycles. The number of rotatable bonds is 6. The largest absolute Gasteiger partial charge is 0.394 e. The third kappa shape index (κ3) is 4.74. The van der Waals surface area contributed by atoms with Crippen LogP contribution in [0.25, 0.3) is 0 Å². The van der Waals surface area contributed by atoms with E-state index >= 15 is 0 Å². The van der Waals surface area contributed by atoms with E-state index in [2.05, 4.69) is 5.32 Å². The maximum absolute atomic E-state index is 11.4. The lowest BCUT2D eigenvalue weighted by molar-refractivity contribution is -0.344. The van der Waals surface area contributed by atoms with Gasteiger partial charge in [0.25, 0.3) is 0 Å². The number of carbonyl (C=O) groups excluding carboxylic acids is 1. The van der Waals surface area contributed by atoms with Crippen molar-refractivity contribution in [1.29, 1.82) is 0 Å². The molecule has 12 nitrogen and oxygen atoms in total. The van der Waals surface area contributed by atoms with E-state index in [1.165, 1.54) is 14.0 Å². The van der Waals surface area contributed by atoms with Crippen molar-refractivity contribution in [3.05, 3.63) is 0 Å². The van der Waals surface area contributed by atoms with Crippen LogP contribution in [0.15, 0.2) is 0 Å². The maximum Gasteiger partial charge on any atom is 0.217 e. The molecule has 2 heterocycles. The summed E-state index contributed by atoms with van der Waals surface area (Å²) in [5.41, 5.74) is 0. The van der Waals surface area contributed by atoms with Crippen LogP contribution in [-0.4, -0.2) is 118 Å². The van der Waals surface area contributed by atoms with Gasteiger partial charge < -0.3 is 54.9 Å². The number of nitrogens with one attached hydrogen (secondary N) is 1. The Balaban J connectivity index is 2.24. The fraction of sp³-hybridized carbons (Fsp3) is 0.933. The van der Waals surface area contributed by atoms with Gasteiger partial charge in [0.2, 0.25) is 5.91 Å². The molecule has 0 aromatic heterocycles. The van der Waals surface area contributed by atoms with Crippen LogP contribution in [0.1, 0.15) is 6.92 Å². The lowest BCUT2D eigenvalue weighted by Crippen LogP contribution is -2.67. The molecule has 0 unspecified atom stereocenters. The van der Waals surface area contributed by atoms with Crippen LogP contribution in [0.5, 0.6) is 0 Å². The molecule has 27 heavy (non-hydrogen) atoms. The van der Waals surface area contributed by atoms with Gasteiger partial charge in [0.1, 0.15) is 48.8 Å². The van der Waals surface area contributed by atoms with Gasteiger partial charge in [-0.05, 0) is 0 Å². The van der Waals surface area contributed by atoms with E-state index in [1.807, 2.05) is 0 Å². The van der Waals surface area contributed by atoms with Crippen molar-refractivity contribution in [2.24, 2.45) is 0 Å². The number of aliphatic hydroxyl groups is 6. The minimum absolute atomic E-state index is 0.554. The second kappa shape index (κ2) is 9.52. The van der Waals surface area contributed by atoms with E-state index in [9.17, 15) is 35.4 Å². The average Bonchev–Trinajstić information content (AvgIpc) is 2.64. The van der Waals surface area contributed by atoms with Crippen molar-refractivity contribution in [2.45, 2.75) is 68.3 Å². The number of aliphatic hydroxyl groups excluding tert-OH is 6. The first-order valence-corrected chi connectivity index (χ1v) is 8.45. The first kappa shape index (κ1) is 22.4. The van der Waals surface area contributed by atoms with Gasteiger partial charge in [0, 0.05) is 14.0 Å². The second-order valence-electron chi connectivity index (χ2n) is 6.48. The molecule has 7 N–H and O–H groups in total. The molecule has 158 valence electrons.